The van der Waals surface area contributed by atoms with Crippen molar-refractivity contribution in [3.05, 3.63) is 65.6 Å². The summed E-state index contributed by atoms with van der Waals surface area (Å²) in [5.74, 6) is -0.370. The molecule has 2 aliphatic heterocycles. The minimum absolute atomic E-state index is 0.237. The van der Waals surface area contributed by atoms with E-state index in [0.717, 1.165) is 61.3 Å². The van der Waals surface area contributed by atoms with Crippen LogP contribution in [0.1, 0.15) is 24.0 Å². The molecule has 0 unspecified atom stereocenters. The second kappa shape index (κ2) is 7.25. The number of benzene rings is 2. The van der Waals surface area contributed by atoms with Crippen molar-refractivity contribution in [1.29, 1.82) is 0 Å². The van der Waals surface area contributed by atoms with Crippen LogP contribution in [-0.4, -0.2) is 44.0 Å². The van der Waals surface area contributed by atoms with Crippen LogP contribution < -0.4 is 5.32 Å². The summed E-state index contributed by atoms with van der Waals surface area (Å²) in [5, 5.41) is 3.93. The summed E-state index contributed by atoms with van der Waals surface area (Å²) >= 11 is 0. The summed E-state index contributed by atoms with van der Waals surface area (Å²) in [4.78, 5) is 2.43. The minimum Gasteiger partial charge on any atom is -0.385 e. The number of hydrogen-bond donors (Lipinski definition) is 1. The van der Waals surface area contributed by atoms with Gasteiger partial charge in [-0.3, -0.25) is 0 Å². The SMILES string of the molecule is CN1CC=C(c2cn(S(=O)(=O)c3ccc4c(c3)NCCC4)c3ccc(F)cc23)CC1. The van der Waals surface area contributed by atoms with E-state index in [4.69, 9.17) is 0 Å². The van der Waals surface area contributed by atoms with Gasteiger partial charge in [0.15, 0.2) is 0 Å². The van der Waals surface area contributed by atoms with Gasteiger partial charge in [-0.2, -0.15) is 0 Å². The molecule has 30 heavy (non-hydrogen) atoms. The Morgan fingerprint density at radius 2 is 1.97 bits per heavy atom. The van der Waals surface area contributed by atoms with E-state index in [0.29, 0.717) is 10.9 Å². The number of fused-ring (bicyclic) bond motifs is 2. The Morgan fingerprint density at radius 3 is 2.77 bits per heavy atom. The van der Waals surface area contributed by atoms with Crippen LogP contribution in [0.3, 0.4) is 0 Å². The molecule has 1 N–H and O–H groups in total. The lowest BCUT2D eigenvalue weighted by molar-refractivity contribution is 0.370. The van der Waals surface area contributed by atoms with E-state index in [1.54, 1.807) is 24.4 Å². The van der Waals surface area contributed by atoms with Crippen molar-refractivity contribution in [3.63, 3.8) is 0 Å². The van der Waals surface area contributed by atoms with Crippen LogP contribution in [0, 0.1) is 5.82 Å². The molecular weight excluding hydrogens is 401 g/mol. The Morgan fingerprint density at radius 1 is 1.10 bits per heavy atom. The van der Waals surface area contributed by atoms with Crippen molar-refractivity contribution >= 4 is 32.2 Å². The molecule has 0 spiro atoms. The number of aryl methyl sites for hydroxylation is 1. The molecule has 0 saturated heterocycles. The number of aromatic nitrogens is 1. The van der Waals surface area contributed by atoms with Crippen molar-refractivity contribution in [2.45, 2.75) is 24.2 Å². The Kier molecular flexibility index (Phi) is 4.67. The van der Waals surface area contributed by atoms with Crippen molar-refractivity contribution < 1.29 is 12.8 Å². The number of nitrogens with zero attached hydrogens (tertiary/aromatic N) is 2. The molecule has 0 atom stereocenters. The van der Waals surface area contributed by atoms with Gasteiger partial charge < -0.3 is 10.2 Å². The molecule has 7 heteroatoms. The van der Waals surface area contributed by atoms with E-state index in [9.17, 15) is 12.8 Å². The van der Waals surface area contributed by atoms with Crippen LogP contribution in [0.15, 0.2) is 53.6 Å². The van der Waals surface area contributed by atoms with Gasteiger partial charge in [0, 0.05) is 42.5 Å². The molecule has 0 saturated carbocycles. The van der Waals surface area contributed by atoms with Gasteiger partial charge in [-0.1, -0.05) is 12.1 Å². The zero-order valence-corrected chi connectivity index (χ0v) is 17.7. The molecular formula is C23H24FN3O2S. The Labute approximate surface area is 175 Å². The van der Waals surface area contributed by atoms with Crippen LogP contribution in [0.25, 0.3) is 16.5 Å². The third-order valence-electron chi connectivity index (χ3n) is 6.07. The molecule has 2 aromatic carbocycles. The molecule has 0 amide bonds. The van der Waals surface area contributed by atoms with Gasteiger partial charge >= 0.3 is 0 Å². The monoisotopic (exact) mass is 425 g/mol. The van der Waals surface area contributed by atoms with Gasteiger partial charge in [-0.05, 0) is 67.8 Å². The smallest absolute Gasteiger partial charge is 0.268 e. The highest BCUT2D eigenvalue weighted by Gasteiger charge is 2.25. The maximum Gasteiger partial charge on any atom is 0.268 e. The lowest BCUT2D eigenvalue weighted by Crippen LogP contribution is -2.23. The van der Waals surface area contributed by atoms with Gasteiger partial charge in [0.05, 0.1) is 10.4 Å². The van der Waals surface area contributed by atoms with Crippen LogP contribution in [0.5, 0.6) is 0 Å². The third kappa shape index (κ3) is 3.22. The largest absolute Gasteiger partial charge is 0.385 e. The van der Waals surface area contributed by atoms with Crippen molar-refractivity contribution in [1.82, 2.24) is 8.87 Å². The summed E-state index contributed by atoms with van der Waals surface area (Å²) in [5.41, 5.74) is 4.36. The van der Waals surface area contributed by atoms with E-state index in [2.05, 4.69) is 16.3 Å². The zero-order valence-electron chi connectivity index (χ0n) is 16.9. The maximum atomic E-state index is 14.1. The molecule has 3 aromatic rings. The number of nitrogens with one attached hydrogen (secondary N) is 1. The molecule has 5 nitrogen and oxygen atoms in total. The molecule has 156 valence electrons. The Hall–Kier alpha value is -2.64. The fourth-order valence-corrected chi connectivity index (χ4v) is 5.75. The molecule has 0 bridgehead atoms. The predicted octanol–water partition coefficient (Wildman–Crippen LogP) is 4.09. The van der Waals surface area contributed by atoms with E-state index < -0.39 is 10.0 Å². The first-order valence-corrected chi connectivity index (χ1v) is 11.7. The normalized spacial score (nSPS) is 17.5. The lowest BCUT2D eigenvalue weighted by atomic mass is 9.99. The number of rotatable bonds is 3. The van der Waals surface area contributed by atoms with Crippen molar-refractivity contribution in [3.8, 4) is 0 Å². The lowest BCUT2D eigenvalue weighted by Gasteiger charge is -2.21. The third-order valence-corrected chi connectivity index (χ3v) is 7.74. The van der Waals surface area contributed by atoms with Gasteiger partial charge in [-0.15, -0.1) is 0 Å². The Bertz CT molecular complexity index is 1280. The van der Waals surface area contributed by atoms with Crippen LogP contribution in [0.4, 0.5) is 10.1 Å². The average Bonchev–Trinajstić information content (AvgIpc) is 3.13. The summed E-state index contributed by atoms with van der Waals surface area (Å²) in [6.45, 7) is 2.52. The fraction of sp³-hybridized carbons (Fsp3) is 0.304. The highest BCUT2D eigenvalue weighted by molar-refractivity contribution is 7.90. The molecule has 0 fully saturated rings. The average molecular weight is 426 g/mol. The predicted molar refractivity (Wildman–Crippen MR) is 118 cm³/mol. The second-order valence-electron chi connectivity index (χ2n) is 8.10. The van der Waals surface area contributed by atoms with Gasteiger partial charge in [0.25, 0.3) is 10.0 Å². The van der Waals surface area contributed by atoms with E-state index in [1.807, 2.05) is 13.1 Å². The van der Waals surface area contributed by atoms with Crippen LogP contribution in [-0.2, 0) is 16.4 Å². The van der Waals surface area contributed by atoms with Crippen molar-refractivity contribution in [2.75, 3.05) is 32.0 Å². The minimum atomic E-state index is -3.82. The zero-order chi connectivity index (χ0) is 20.9. The highest BCUT2D eigenvalue weighted by Crippen LogP contribution is 2.34. The van der Waals surface area contributed by atoms with E-state index >= 15 is 0 Å². The van der Waals surface area contributed by atoms with Crippen molar-refractivity contribution in [2.24, 2.45) is 0 Å². The molecule has 5 rings (SSSR count). The van der Waals surface area contributed by atoms with Crippen LogP contribution in [0.2, 0.25) is 0 Å². The highest BCUT2D eigenvalue weighted by atomic mass is 32.2. The quantitative estimate of drug-likeness (QED) is 0.687. The summed E-state index contributed by atoms with van der Waals surface area (Å²) in [7, 11) is -1.78. The second-order valence-corrected chi connectivity index (χ2v) is 9.91. The maximum absolute atomic E-state index is 14.1. The number of likely N-dealkylation sites (N-methyl/N-ethyl adjacent to an activating group) is 1. The first kappa shape index (κ1) is 19.3. The summed E-state index contributed by atoms with van der Waals surface area (Å²) in [6.07, 6.45) is 6.54. The van der Waals surface area contributed by atoms with Crippen LogP contribution >= 0.6 is 0 Å². The standard InChI is InChI=1S/C23H24FN3O2S/c1-26-11-8-16(9-12-26)21-15-27(23-7-5-18(24)13-20(21)23)30(28,29)19-6-4-17-3-2-10-25-22(17)14-19/h4-8,13-15,25H,2-3,9-12H2,1H3. The molecule has 0 radical (unpaired) electrons. The number of hydrogen-bond acceptors (Lipinski definition) is 4. The van der Waals surface area contributed by atoms with E-state index in [1.165, 1.54) is 16.1 Å². The van der Waals surface area contributed by atoms with Gasteiger partial charge in [0.1, 0.15) is 5.82 Å². The fourth-order valence-electron chi connectivity index (χ4n) is 4.36. The van der Waals surface area contributed by atoms with Gasteiger partial charge in [0.2, 0.25) is 0 Å². The van der Waals surface area contributed by atoms with E-state index in [-0.39, 0.29) is 10.7 Å². The first-order valence-electron chi connectivity index (χ1n) is 10.2. The molecule has 3 heterocycles. The molecule has 1 aromatic heterocycles. The number of halogens is 1. The molecule has 0 aliphatic carbocycles. The van der Waals surface area contributed by atoms with Gasteiger partial charge in [-0.25, -0.2) is 16.8 Å². The number of anilines is 1. The summed E-state index contributed by atoms with van der Waals surface area (Å²) in [6, 6.07) is 9.58. The molecule has 2 aliphatic rings. The topological polar surface area (TPSA) is 54.3 Å². The summed E-state index contributed by atoms with van der Waals surface area (Å²) < 4.78 is 42.5. The first-order chi connectivity index (χ1) is 14.4. The Balaban J connectivity index is 1.67.